The molecule has 1 rings (SSSR count). The Morgan fingerprint density at radius 2 is 1.81 bits per heavy atom. The maximum atomic E-state index is 10.6. The smallest absolute Gasteiger partial charge is 0.296 e. The largest absolute Gasteiger partial charge is 0.372 e. The van der Waals surface area contributed by atoms with E-state index < -0.39 is 15.6 Å². The third-order valence-electron chi connectivity index (χ3n) is 1.87. The Balaban J connectivity index is 0.00000225. The van der Waals surface area contributed by atoms with Crippen molar-refractivity contribution >= 4 is 45.8 Å². The first-order valence-corrected chi connectivity index (χ1v) is 5.79. The topological polar surface area (TPSA) is 74.6 Å². The predicted molar refractivity (Wildman–Crippen MR) is 63.4 cm³/mol. The van der Waals surface area contributed by atoms with Gasteiger partial charge in [-0.05, 0) is 18.1 Å². The zero-order valence-corrected chi connectivity index (χ0v) is 12.0. The van der Waals surface area contributed by atoms with Crippen molar-refractivity contribution < 1.29 is 18.1 Å². The second kappa shape index (κ2) is 6.54. The quantitative estimate of drug-likeness (QED) is 0.618. The van der Waals surface area contributed by atoms with E-state index in [1.165, 1.54) is 13.0 Å². The van der Waals surface area contributed by atoms with Gasteiger partial charge in [0.2, 0.25) is 5.44 Å². The van der Waals surface area contributed by atoms with Crippen LogP contribution in [0, 0.1) is 0 Å². The molecule has 0 aliphatic carbocycles. The summed E-state index contributed by atoms with van der Waals surface area (Å²) in [5.41, 5.74) is -0.931. The molecule has 1 radical (unpaired) electrons. The number of aliphatic hydroxyl groups is 1. The van der Waals surface area contributed by atoms with E-state index >= 15 is 0 Å². The Kier molecular flexibility index (Phi) is 6.47. The molecule has 0 aliphatic rings. The van der Waals surface area contributed by atoms with Crippen LogP contribution in [0.2, 0.25) is 0 Å². The molecule has 0 fully saturated rings. The Bertz CT molecular complexity index is 453. The summed E-state index contributed by atoms with van der Waals surface area (Å²) in [7, 11) is -4.43. The van der Waals surface area contributed by atoms with Crippen molar-refractivity contribution in [1.29, 1.82) is 0 Å². The fourth-order valence-corrected chi connectivity index (χ4v) is 1.66. The van der Waals surface area contributed by atoms with Gasteiger partial charge < -0.3 is 5.11 Å². The average molecular weight is 251 g/mol. The van der Waals surface area contributed by atoms with Crippen LogP contribution in [-0.2, 0) is 10.1 Å². The van der Waals surface area contributed by atoms with Gasteiger partial charge in [0, 0.05) is 29.6 Å². The SMILES string of the molecule is C/C(=C\c1ccccc1)C(O)S(=O)(=O)O.[Na]. The summed E-state index contributed by atoms with van der Waals surface area (Å²) in [5, 5.41) is 9.21. The molecule has 0 saturated carbocycles. The summed E-state index contributed by atoms with van der Waals surface area (Å²) < 4.78 is 29.9. The molecule has 0 saturated heterocycles. The molecule has 0 bridgehead atoms. The summed E-state index contributed by atoms with van der Waals surface area (Å²) in [6.07, 6.45) is 1.50. The number of hydrogen-bond donors (Lipinski definition) is 2. The van der Waals surface area contributed by atoms with Crippen LogP contribution in [0.15, 0.2) is 35.9 Å². The van der Waals surface area contributed by atoms with Crippen LogP contribution in [0.25, 0.3) is 6.08 Å². The number of rotatable bonds is 3. The van der Waals surface area contributed by atoms with Gasteiger partial charge in [-0.3, -0.25) is 4.55 Å². The van der Waals surface area contributed by atoms with Gasteiger partial charge >= 0.3 is 0 Å². The molecule has 16 heavy (non-hydrogen) atoms. The molecule has 6 heteroatoms. The molecule has 0 aliphatic heterocycles. The molecule has 1 aromatic rings. The molecule has 1 aromatic carbocycles. The summed E-state index contributed by atoms with van der Waals surface area (Å²) >= 11 is 0. The van der Waals surface area contributed by atoms with Crippen LogP contribution >= 0.6 is 0 Å². The van der Waals surface area contributed by atoms with E-state index in [-0.39, 0.29) is 35.1 Å². The minimum atomic E-state index is -4.43. The van der Waals surface area contributed by atoms with Gasteiger partial charge in [0.05, 0.1) is 0 Å². The molecule has 83 valence electrons. The zero-order chi connectivity index (χ0) is 11.5. The Morgan fingerprint density at radius 3 is 2.25 bits per heavy atom. The average Bonchev–Trinajstić information content (AvgIpc) is 2.16. The van der Waals surface area contributed by atoms with Crippen molar-refractivity contribution in [3.63, 3.8) is 0 Å². The molecule has 2 N–H and O–H groups in total. The minimum absolute atomic E-state index is 0. The summed E-state index contributed by atoms with van der Waals surface area (Å²) in [6, 6.07) is 8.93. The van der Waals surface area contributed by atoms with Gasteiger partial charge in [0.1, 0.15) is 0 Å². The van der Waals surface area contributed by atoms with Gasteiger partial charge in [-0.25, -0.2) is 0 Å². The fraction of sp³-hybridized carbons (Fsp3) is 0.200. The maximum absolute atomic E-state index is 10.6. The van der Waals surface area contributed by atoms with E-state index in [2.05, 4.69) is 0 Å². The molecule has 0 heterocycles. The Morgan fingerprint density at radius 1 is 1.31 bits per heavy atom. The van der Waals surface area contributed by atoms with E-state index in [1.54, 1.807) is 24.3 Å². The first-order chi connectivity index (χ1) is 6.91. The van der Waals surface area contributed by atoms with Gasteiger partial charge in [-0.2, -0.15) is 8.42 Å². The third kappa shape index (κ3) is 4.78. The molecular weight excluding hydrogens is 239 g/mol. The van der Waals surface area contributed by atoms with Crippen LogP contribution in [0.4, 0.5) is 0 Å². The van der Waals surface area contributed by atoms with Gasteiger partial charge in [0.25, 0.3) is 10.1 Å². The first-order valence-electron chi connectivity index (χ1n) is 4.29. The molecule has 4 nitrogen and oxygen atoms in total. The van der Waals surface area contributed by atoms with Crippen LogP contribution in [-0.4, -0.2) is 53.1 Å². The second-order valence-corrected chi connectivity index (χ2v) is 4.64. The zero-order valence-electron chi connectivity index (χ0n) is 9.16. The van der Waals surface area contributed by atoms with Gasteiger partial charge in [-0.15, -0.1) is 0 Å². The summed E-state index contributed by atoms with van der Waals surface area (Å²) in [5.74, 6) is 0. The van der Waals surface area contributed by atoms with Crippen molar-refractivity contribution in [2.75, 3.05) is 0 Å². The molecule has 0 spiro atoms. The standard InChI is InChI=1S/C10H12O4S.Na/c1-8(10(11)15(12,13)14)7-9-5-3-2-4-6-9;/h2-7,10-11H,1H3,(H,12,13,14);/b8-7+;. The van der Waals surface area contributed by atoms with Crippen LogP contribution in [0.1, 0.15) is 12.5 Å². The molecule has 1 atom stereocenters. The van der Waals surface area contributed by atoms with Crippen molar-refractivity contribution in [2.45, 2.75) is 12.4 Å². The monoisotopic (exact) mass is 251 g/mol. The van der Waals surface area contributed by atoms with E-state index in [0.29, 0.717) is 0 Å². The third-order valence-corrected chi connectivity index (χ3v) is 2.80. The maximum Gasteiger partial charge on any atom is 0.296 e. The molecule has 1 unspecified atom stereocenters. The van der Waals surface area contributed by atoms with Crippen LogP contribution < -0.4 is 0 Å². The van der Waals surface area contributed by atoms with Crippen LogP contribution in [0.3, 0.4) is 0 Å². The van der Waals surface area contributed by atoms with Crippen LogP contribution in [0.5, 0.6) is 0 Å². The van der Waals surface area contributed by atoms with E-state index in [9.17, 15) is 13.5 Å². The van der Waals surface area contributed by atoms with E-state index in [1.807, 2.05) is 6.07 Å². The van der Waals surface area contributed by atoms with Gasteiger partial charge in [0.15, 0.2) is 0 Å². The van der Waals surface area contributed by atoms with E-state index in [4.69, 9.17) is 4.55 Å². The summed E-state index contributed by atoms with van der Waals surface area (Å²) in [4.78, 5) is 0. The van der Waals surface area contributed by atoms with Crippen molar-refractivity contribution in [2.24, 2.45) is 0 Å². The molecule has 0 amide bonds. The Labute approximate surface area is 117 Å². The summed E-state index contributed by atoms with van der Waals surface area (Å²) in [6.45, 7) is 1.44. The Hall–Kier alpha value is -0.170. The fourth-order valence-electron chi connectivity index (χ4n) is 1.12. The van der Waals surface area contributed by atoms with E-state index in [0.717, 1.165) is 5.56 Å². The molecular formula is C10H12NaO4S. The second-order valence-electron chi connectivity index (χ2n) is 3.17. The van der Waals surface area contributed by atoms with Crippen molar-refractivity contribution in [3.05, 3.63) is 41.5 Å². The van der Waals surface area contributed by atoms with Gasteiger partial charge in [-0.1, -0.05) is 36.4 Å². The molecule has 0 aromatic heterocycles. The van der Waals surface area contributed by atoms with Crippen molar-refractivity contribution in [3.8, 4) is 0 Å². The predicted octanol–water partition coefficient (Wildman–Crippen LogP) is 0.915. The normalized spacial score (nSPS) is 14.1. The minimum Gasteiger partial charge on any atom is -0.372 e. The van der Waals surface area contributed by atoms with Crippen molar-refractivity contribution in [1.82, 2.24) is 0 Å². The number of hydrogen-bond acceptors (Lipinski definition) is 3. The number of benzene rings is 1. The number of aliphatic hydroxyl groups excluding tert-OH is 1. The first kappa shape index (κ1) is 15.8.